The number of hydrogen-bond acceptors (Lipinski definition) is 4. The number of esters is 1. The van der Waals surface area contributed by atoms with Crippen molar-refractivity contribution in [1.82, 2.24) is 14.8 Å². The maximum atomic E-state index is 13.2. The van der Waals surface area contributed by atoms with E-state index in [-0.39, 0.29) is 12.4 Å². The molecule has 2 heterocycles. The second-order valence-corrected chi connectivity index (χ2v) is 4.79. The van der Waals surface area contributed by atoms with Gasteiger partial charge in [0.25, 0.3) is 0 Å². The van der Waals surface area contributed by atoms with Crippen molar-refractivity contribution >= 4 is 21.9 Å². The molecule has 0 bridgehead atoms. The fourth-order valence-electron chi connectivity index (χ4n) is 1.65. The first kappa shape index (κ1) is 15.5. The van der Waals surface area contributed by atoms with Gasteiger partial charge in [-0.05, 0) is 35.0 Å². The Balaban J connectivity index is 2.57. The summed E-state index contributed by atoms with van der Waals surface area (Å²) in [4.78, 5) is 15.5. The zero-order valence-electron chi connectivity index (χ0n) is 10.7. The predicted octanol–water partition coefficient (Wildman–Crippen LogP) is 3.23. The van der Waals surface area contributed by atoms with Gasteiger partial charge in [-0.3, -0.25) is 0 Å². The minimum Gasteiger partial charge on any atom is -0.462 e. The predicted molar refractivity (Wildman–Crippen MR) is 70.0 cm³/mol. The number of nitrogens with zero attached hydrogens (tertiary/aromatic N) is 3. The SMILES string of the molecule is CCOC(=O)c1cnn(-c2ccc(Br)cn2)c1C(F)(F)F. The molecule has 0 amide bonds. The largest absolute Gasteiger partial charge is 0.462 e. The molecule has 2 aromatic rings. The van der Waals surface area contributed by atoms with E-state index in [0.717, 1.165) is 6.20 Å². The maximum Gasteiger partial charge on any atom is 0.434 e. The van der Waals surface area contributed by atoms with Gasteiger partial charge in [-0.1, -0.05) is 0 Å². The normalized spacial score (nSPS) is 11.5. The van der Waals surface area contributed by atoms with Crippen molar-refractivity contribution in [3.63, 3.8) is 0 Å². The molecule has 112 valence electrons. The number of carbonyl (C=O) groups excluding carboxylic acids is 1. The molecule has 2 aromatic heterocycles. The number of ether oxygens (including phenoxy) is 1. The maximum absolute atomic E-state index is 13.2. The van der Waals surface area contributed by atoms with E-state index in [1.165, 1.54) is 25.3 Å². The van der Waals surface area contributed by atoms with Gasteiger partial charge in [-0.15, -0.1) is 0 Å². The topological polar surface area (TPSA) is 57.0 Å². The summed E-state index contributed by atoms with van der Waals surface area (Å²) in [6.45, 7) is 1.48. The van der Waals surface area contributed by atoms with Crippen molar-refractivity contribution < 1.29 is 22.7 Å². The molecule has 0 aromatic carbocycles. The lowest BCUT2D eigenvalue weighted by molar-refractivity contribution is -0.143. The zero-order chi connectivity index (χ0) is 15.6. The Hall–Kier alpha value is -1.90. The highest BCUT2D eigenvalue weighted by Crippen LogP contribution is 2.33. The molecular weight excluding hydrogens is 355 g/mol. The second-order valence-electron chi connectivity index (χ2n) is 3.87. The molecule has 0 saturated carbocycles. The van der Waals surface area contributed by atoms with Crippen molar-refractivity contribution in [3.8, 4) is 5.82 Å². The van der Waals surface area contributed by atoms with E-state index in [2.05, 4.69) is 30.7 Å². The van der Waals surface area contributed by atoms with Crippen molar-refractivity contribution in [3.05, 3.63) is 40.3 Å². The lowest BCUT2D eigenvalue weighted by atomic mass is 10.2. The highest BCUT2D eigenvalue weighted by atomic mass is 79.9. The quantitative estimate of drug-likeness (QED) is 0.785. The van der Waals surface area contributed by atoms with Crippen LogP contribution >= 0.6 is 15.9 Å². The number of carbonyl (C=O) groups is 1. The molecule has 0 N–H and O–H groups in total. The molecule has 0 fully saturated rings. The van der Waals surface area contributed by atoms with Crippen LogP contribution in [0.4, 0.5) is 13.2 Å². The van der Waals surface area contributed by atoms with Crippen molar-refractivity contribution in [1.29, 1.82) is 0 Å². The van der Waals surface area contributed by atoms with Crippen molar-refractivity contribution in [2.24, 2.45) is 0 Å². The van der Waals surface area contributed by atoms with E-state index >= 15 is 0 Å². The van der Waals surface area contributed by atoms with Crippen molar-refractivity contribution in [2.45, 2.75) is 13.1 Å². The fraction of sp³-hybridized carbons (Fsp3) is 0.250. The van der Waals surface area contributed by atoms with E-state index in [4.69, 9.17) is 0 Å². The Morgan fingerprint density at radius 1 is 1.38 bits per heavy atom. The first-order valence-corrected chi connectivity index (χ1v) is 6.58. The number of hydrogen-bond donors (Lipinski definition) is 0. The molecule has 5 nitrogen and oxygen atoms in total. The van der Waals surface area contributed by atoms with E-state index < -0.39 is 23.4 Å². The van der Waals surface area contributed by atoms with Gasteiger partial charge in [-0.25, -0.2) is 14.5 Å². The molecule has 21 heavy (non-hydrogen) atoms. The van der Waals surface area contributed by atoms with E-state index in [1.54, 1.807) is 0 Å². The lowest BCUT2D eigenvalue weighted by Crippen LogP contribution is -2.19. The van der Waals surface area contributed by atoms with Gasteiger partial charge in [0.05, 0.1) is 12.8 Å². The van der Waals surface area contributed by atoms with Crippen LogP contribution in [0.2, 0.25) is 0 Å². The Kier molecular flexibility index (Phi) is 4.31. The number of aromatic nitrogens is 3. The Bertz CT molecular complexity index is 653. The van der Waals surface area contributed by atoms with E-state index in [9.17, 15) is 18.0 Å². The molecule has 0 atom stereocenters. The molecule has 0 saturated heterocycles. The van der Waals surface area contributed by atoms with Crippen LogP contribution in [0.5, 0.6) is 0 Å². The molecular formula is C12H9BrF3N3O2. The Labute approximate surface area is 125 Å². The third-order valence-electron chi connectivity index (χ3n) is 2.46. The third kappa shape index (κ3) is 3.23. The van der Waals surface area contributed by atoms with Crippen LogP contribution in [0, 0.1) is 0 Å². The highest BCUT2D eigenvalue weighted by Gasteiger charge is 2.41. The second kappa shape index (κ2) is 5.84. The summed E-state index contributed by atoms with van der Waals surface area (Å²) in [5.74, 6) is -1.13. The number of alkyl halides is 3. The van der Waals surface area contributed by atoms with Crippen molar-refractivity contribution in [2.75, 3.05) is 6.61 Å². The standard InChI is InChI=1S/C12H9BrF3N3O2/c1-2-21-11(20)8-6-18-19(10(8)12(14,15)16)9-4-3-7(13)5-17-9/h3-6H,2H2,1H3. The van der Waals surface area contributed by atoms with Gasteiger partial charge in [0.1, 0.15) is 5.56 Å². The lowest BCUT2D eigenvalue weighted by Gasteiger charge is -2.11. The zero-order valence-corrected chi connectivity index (χ0v) is 12.3. The molecule has 0 aliphatic heterocycles. The Morgan fingerprint density at radius 2 is 2.10 bits per heavy atom. The molecule has 0 unspecified atom stereocenters. The van der Waals surface area contributed by atoms with Gasteiger partial charge in [-0.2, -0.15) is 18.3 Å². The first-order valence-electron chi connectivity index (χ1n) is 5.79. The fourth-order valence-corrected chi connectivity index (χ4v) is 1.88. The van der Waals surface area contributed by atoms with Crippen LogP contribution in [0.15, 0.2) is 29.0 Å². The summed E-state index contributed by atoms with van der Waals surface area (Å²) in [6, 6.07) is 2.87. The molecule has 9 heteroatoms. The van der Waals surface area contributed by atoms with Gasteiger partial charge in [0.15, 0.2) is 11.5 Å². The summed E-state index contributed by atoms with van der Waals surface area (Å²) in [5, 5.41) is 3.60. The minimum absolute atomic E-state index is 0.0299. The van der Waals surface area contributed by atoms with Crippen LogP contribution in [0.3, 0.4) is 0 Å². The Morgan fingerprint density at radius 3 is 2.62 bits per heavy atom. The molecule has 0 aliphatic rings. The molecule has 0 aliphatic carbocycles. The average Bonchev–Trinajstić information content (AvgIpc) is 2.84. The monoisotopic (exact) mass is 363 g/mol. The first-order chi connectivity index (χ1) is 9.84. The molecule has 0 spiro atoms. The van der Waals surface area contributed by atoms with Gasteiger partial charge in [0.2, 0.25) is 0 Å². The summed E-state index contributed by atoms with van der Waals surface area (Å²) >= 11 is 3.14. The summed E-state index contributed by atoms with van der Waals surface area (Å²) in [5.41, 5.74) is -1.86. The third-order valence-corrected chi connectivity index (χ3v) is 2.93. The van der Waals surface area contributed by atoms with Crippen LogP contribution < -0.4 is 0 Å². The smallest absolute Gasteiger partial charge is 0.434 e. The van der Waals surface area contributed by atoms with Gasteiger partial charge >= 0.3 is 12.1 Å². The molecule has 2 rings (SSSR count). The number of pyridine rings is 1. The summed E-state index contributed by atoms with van der Waals surface area (Å²) in [6.07, 6.45) is -2.61. The summed E-state index contributed by atoms with van der Waals surface area (Å²) < 4.78 is 45.4. The van der Waals surface area contributed by atoms with Gasteiger partial charge < -0.3 is 4.74 Å². The van der Waals surface area contributed by atoms with Crippen LogP contribution in [0.1, 0.15) is 23.0 Å². The van der Waals surface area contributed by atoms with E-state index in [1.807, 2.05) is 0 Å². The number of rotatable bonds is 3. The van der Waals surface area contributed by atoms with Gasteiger partial charge in [0, 0.05) is 10.7 Å². The summed E-state index contributed by atoms with van der Waals surface area (Å²) in [7, 11) is 0. The van der Waals surface area contributed by atoms with Crippen LogP contribution in [-0.4, -0.2) is 27.3 Å². The average molecular weight is 364 g/mol. The minimum atomic E-state index is -4.77. The highest BCUT2D eigenvalue weighted by molar-refractivity contribution is 9.10. The van der Waals surface area contributed by atoms with Crippen LogP contribution in [-0.2, 0) is 10.9 Å². The van der Waals surface area contributed by atoms with Crippen LogP contribution in [0.25, 0.3) is 5.82 Å². The van der Waals surface area contributed by atoms with E-state index in [0.29, 0.717) is 9.15 Å². The number of halogens is 4. The molecule has 0 radical (unpaired) electrons.